The van der Waals surface area contributed by atoms with Crippen LogP contribution in [0.25, 0.3) is 0 Å². The Morgan fingerprint density at radius 2 is 2.05 bits per heavy atom. The number of hydrogen-bond donors (Lipinski definition) is 3. The molecule has 1 heterocycles. The van der Waals surface area contributed by atoms with E-state index >= 15 is 0 Å². The summed E-state index contributed by atoms with van der Waals surface area (Å²) in [6, 6.07) is 1.04. The molecule has 1 rings (SSSR count). The summed E-state index contributed by atoms with van der Waals surface area (Å²) < 4.78 is 4.92. The van der Waals surface area contributed by atoms with Crippen LogP contribution in [0.3, 0.4) is 0 Å². The van der Waals surface area contributed by atoms with E-state index in [9.17, 15) is 9.59 Å². The van der Waals surface area contributed by atoms with Crippen LogP contribution in [0.2, 0.25) is 0 Å². The standard InChI is InChI=1S/C14H22N4O3/c1-5-21-14(20)10-6-12(16-7-11(10)15)18-9(4)13(19)17-8(2)3/h6-9H,5,15H2,1-4H3,(H,16,18)(H,17,19). The molecule has 7 nitrogen and oxygen atoms in total. The van der Waals surface area contributed by atoms with Crippen LogP contribution in [-0.2, 0) is 9.53 Å². The molecule has 0 aliphatic heterocycles. The Morgan fingerprint density at radius 1 is 1.38 bits per heavy atom. The first-order chi connectivity index (χ1) is 9.85. The minimum Gasteiger partial charge on any atom is -0.462 e. The molecule has 4 N–H and O–H groups in total. The lowest BCUT2D eigenvalue weighted by Crippen LogP contribution is -2.41. The molecule has 0 saturated carbocycles. The largest absolute Gasteiger partial charge is 0.462 e. The zero-order valence-corrected chi connectivity index (χ0v) is 12.8. The lowest BCUT2D eigenvalue weighted by Gasteiger charge is -2.17. The van der Waals surface area contributed by atoms with Gasteiger partial charge in [0.1, 0.15) is 11.9 Å². The van der Waals surface area contributed by atoms with E-state index in [0.717, 1.165) is 0 Å². The fraction of sp³-hybridized carbons (Fsp3) is 0.500. The molecular weight excluding hydrogens is 272 g/mol. The molecule has 1 amide bonds. The predicted octanol–water partition coefficient (Wildman–Crippen LogP) is 1.17. The van der Waals surface area contributed by atoms with Gasteiger partial charge >= 0.3 is 5.97 Å². The third-order valence-electron chi connectivity index (χ3n) is 2.62. The number of hydrogen-bond acceptors (Lipinski definition) is 6. The second kappa shape index (κ2) is 7.47. The van der Waals surface area contributed by atoms with Crippen molar-refractivity contribution < 1.29 is 14.3 Å². The van der Waals surface area contributed by atoms with Gasteiger partial charge in [-0.1, -0.05) is 0 Å². The van der Waals surface area contributed by atoms with E-state index in [1.807, 2.05) is 13.8 Å². The summed E-state index contributed by atoms with van der Waals surface area (Å²) in [5.74, 6) is -0.278. The van der Waals surface area contributed by atoms with Crippen molar-refractivity contribution in [3.05, 3.63) is 17.8 Å². The summed E-state index contributed by atoms with van der Waals surface area (Å²) in [5.41, 5.74) is 6.17. The van der Waals surface area contributed by atoms with Crippen LogP contribution in [0.4, 0.5) is 11.5 Å². The van der Waals surface area contributed by atoms with Gasteiger partial charge in [-0.15, -0.1) is 0 Å². The number of nitrogens with two attached hydrogens (primary N) is 1. The summed E-state index contributed by atoms with van der Waals surface area (Å²) in [4.78, 5) is 27.6. The Morgan fingerprint density at radius 3 is 2.62 bits per heavy atom. The Labute approximate surface area is 124 Å². The van der Waals surface area contributed by atoms with Crippen LogP contribution in [0.15, 0.2) is 12.3 Å². The van der Waals surface area contributed by atoms with E-state index in [1.54, 1.807) is 13.8 Å². The van der Waals surface area contributed by atoms with Gasteiger partial charge in [-0.05, 0) is 33.8 Å². The average Bonchev–Trinajstić information content (AvgIpc) is 2.40. The average molecular weight is 294 g/mol. The van der Waals surface area contributed by atoms with Gasteiger partial charge < -0.3 is 21.1 Å². The zero-order valence-electron chi connectivity index (χ0n) is 12.8. The number of nitrogens with one attached hydrogen (secondary N) is 2. The first-order valence-corrected chi connectivity index (χ1v) is 6.84. The highest BCUT2D eigenvalue weighted by atomic mass is 16.5. The van der Waals surface area contributed by atoms with Crippen LogP contribution in [0.5, 0.6) is 0 Å². The number of aromatic nitrogens is 1. The zero-order chi connectivity index (χ0) is 16.0. The van der Waals surface area contributed by atoms with Crippen LogP contribution < -0.4 is 16.4 Å². The maximum atomic E-state index is 11.8. The van der Waals surface area contributed by atoms with Crippen molar-refractivity contribution >= 4 is 23.4 Å². The van der Waals surface area contributed by atoms with Crippen molar-refractivity contribution in [3.63, 3.8) is 0 Å². The van der Waals surface area contributed by atoms with Crippen molar-refractivity contribution in [1.82, 2.24) is 10.3 Å². The molecule has 1 aromatic rings. The fourth-order valence-corrected chi connectivity index (χ4v) is 1.63. The van der Waals surface area contributed by atoms with Gasteiger partial charge in [-0.3, -0.25) is 4.79 Å². The van der Waals surface area contributed by atoms with Gasteiger partial charge in [0.2, 0.25) is 5.91 Å². The number of esters is 1. The molecule has 0 fully saturated rings. The first kappa shape index (κ1) is 16.7. The van der Waals surface area contributed by atoms with Gasteiger partial charge in [0, 0.05) is 6.04 Å². The maximum absolute atomic E-state index is 11.8. The molecule has 116 valence electrons. The second-order valence-electron chi connectivity index (χ2n) is 4.91. The normalized spacial score (nSPS) is 11.9. The number of carbonyl (C=O) groups excluding carboxylic acids is 2. The number of carbonyl (C=O) groups is 2. The maximum Gasteiger partial charge on any atom is 0.340 e. The number of rotatable bonds is 6. The van der Waals surface area contributed by atoms with Gasteiger partial charge in [-0.2, -0.15) is 0 Å². The molecule has 1 aromatic heterocycles. The molecule has 1 unspecified atom stereocenters. The molecule has 0 radical (unpaired) electrons. The molecule has 21 heavy (non-hydrogen) atoms. The smallest absolute Gasteiger partial charge is 0.340 e. The minimum atomic E-state index is -0.514. The molecular formula is C14H22N4O3. The number of anilines is 2. The first-order valence-electron chi connectivity index (χ1n) is 6.84. The lowest BCUT2D eigenvalue weighted by atomic mass is 10.2. The van der Waals surface area contributed by atoms with Crippen molar-refractivity contribution in [2.75, 3.05) is 17.7 Å². The molecule has 0 saturated heterocycles. The van der Waals surface area contributed by atoms with E-state index < -0.39 is 12.0 Å². The fourth-order valence-electron chi connectivity index (χ4n) is 1.63. The highest BCUT2D eigenvalue weighted by Gasteiger charge is 2.16. The molecule has 0 aliphatic carbocycles. The summed E-state index contributed by atoms with van der Waals surface area (Å²) in [6.45, 7) is 7.44. The summed E-state index contributed by atoms with van der Waals surface area (Å²) in [5, 5.41) is 5.71. The Kier molecular flexibility index (Phi) is 5.95. The highest BCUT2D eigenvalue weighted by Crippen LogP contribution is 2.16. The Balaban J connectivity index is 2.83. The molecule has 0 aliphatic rings. The van der Waals surface area contributed by atoms with E-state index in [4.69, 9.17) is 10.5 Å². The number of pyridine rings is 1. The second-order valence-corrected chi connectivity index (χ2v) is 4.91. The van der Waals surface area contributed by atoms with Gasteiger partial charge in [0.05, 0.1) is 24.1 Å². The number of amides is 1. The van der Waals surface area contributed by atoms with E-state index in [-0.39, 0.29) is 29.8 Å². The molecule has 0 bridgehead atoms. The van der Waals surface area contributed by atoms with Crippen LogP contribution >= 0.6 is 0 Å². The molecule has 1 atom stereocenters. The quantitative estimate of drug-likeness (QED) is 0.680. The molecule has 0 spiro atoms. The third-order valence-corrected chi connectivity index (χ3v) is 2.62. The number of ether oxygens (including phenoxy) is 1. The minimum absolute atomic E-state index is 0.0521. The van der Waals surface area contributed by atoms with Crippen molar-refractivity contribution in [2.45, 2.75) is 39.8 Å². The molecule has 7 heteroatoms. The molecule has 0 aromatic carbocycles. The Hall–Kier alpha value is -2.31. The van der Waals surface area contributed by atoms with Gasteiger partial charge in [0.25, 0.3) is 0 Å². The number of nitrogens with zero attached hydrogens (tertiary/aromatic N) is 1. The van der Waals surface area contributed by atoms with Crippen molar-refractivity contribution in [3.8, 4) is 0 Å². The van der Waals surface area contributed by atoms with Gasteiger partial charge in [-0.25, -0.2) is 9.78 Å². The monoisotopic (exact) mass is 294 g/mol. The number of nitrogen functional groups attached to an aromatic ring is 1. The van der Waals surface area contributed by atoms with Crippen molar-refractivity contribution in [2.24, 2.45) is 0 Å². The van der Waals surface area contributed by atoms with E-state index in [2.05, 4.69) is 15.6 Å². The van der Waals surface area contributed by atoms with Crippen LogP contribution in [0.1, 0.15) is 38.1 Å². The highest BCUT2D eigenvalue weighted by molar-refractivity contribution is 5.96. The van der Waals surface area contributed by atoms with Crippen molar-refractivity contribution in [1.29, 1.82) is 0 Å². The van der Waals surface area contributed by atoms with Crippen LogP contribution in [0, 0.1) is 0 Å². The van der Waals surface area contributed by atoms with Gasteiger partial charge in [0.15, 0.2) is 0 Å². The Bertz CT molecular complexity index is 517. The van der Waals surface area contributed by atoms with Crippen LogP contribution in [-0.4, -0.2) is 35.6 Å². The summed E-state index contributed by atoms with van der Waals surface area (Å²) >= 11 is 0. The lowest BCUT2D eigenvalue weighted by molar-refractivity contribution is -0.122. The SMILES string of the molecule is CCOC(=O)c1cc(NC(C)C(=O)NC(C)C)ncc1N. The van der Waals surface area contributed by atoms with E-state index in [1.165, 1.54) is 12.3 Å². The summed E-state index contributed by atoms with van der Waals surface area (Å²) in [7, 11) is 0. The summed E-state index contributed by atoms with van der Waals surface area (Å²) in [6.07, 6.45) is 1.36. The van der Waals surface area contributed by atoms with E-state index in [0.29, 0.717) is 5.82 Å². The topological polar surface area (TPSA) is 106 Å². The predicted molar refractivity (Wildman–Crippen MR) is 81.0 cm³/mol. The third kappa shape index (κ3) is 4.94.